The number of hydrogen-bond donors (Lipinski definition) is 1. The number of aryl methyl sites for hydroxylation is 1. The molecule has 0 aliphatic heterocycles. The van der Waals surface area contributed by atoms with Crippen molar-refractivity contribution in [2.24, 2.45) is 0 Å². The van der Waals surface area contributed by atoms with Gasteiger partial charge in [0.2, 0.25) is 0 Å². The quantitative estimate of drug-likeness (QED) is 0.924. The second kappa shape index (κ2) is 5.49. The Morgan fingerprint density at radius 2 is 2.10 bits per heavy atom. The summed E-state index contributed by atoms with van der Waals surface area (Å²) in [7, 11) is 0. The molecule has 4 nitrogen and oxygen atoms in total. The van der Waals surface area contributed by atoms with Gasteiger partial charge in [0.15, 0.2) is 0 Å². The Kier molecular flexibility index (Phi) is 3.54. The monoisotopic (exact) mass is 269 g/mol. The number of benzene rings is 1. The summed E-state index contributed by atoms with van der Waals surface area (Å²) in [5.41, 5.74) is 2.78. The summed E-state index contributed by atoms with van der Waals surface area (Å²) in [6.07, 6.45) is 7.39. The van der Waals surface area contributed by atoms with Gasteiger partial charge >= 0.3 is 0 Å². The molecule has 1 aliphatic rings. The van der Waals surface area contributed by atoms with Gasteiger partial charge in [0, 0.05) is 18.3 Å². The number of carbonyl (C=O) groups is 1. The molecular weight excluding hydrogens is 250 g/mol. The number of hydrogen-bond acceptors (Lipinski definition) is 2. The van der Waals surface area contributed by atoms with Crippen LogP contribution in [-0.2, 0) is 6.54 Å². The molecule has 104 valence electrons. The van der Waals surface area contributed by atoms with Crippen molar-refractivity contribution in [1.82, 2.24) is 9.78 Å². The first-order valence-electron chi connectivity index (χ1n) is 7.20. The number of aromatic nitrogens is 2. The summed E-state index contributed by atoms with van der Waals surface area (Å²) in [4.78, 5) is 12.1. The molecule has 2 aromatic rings. The van der Waals surface area contributed by atoms with Crippen molar-refractivity contribution in [2.75, 3.05) is 5.32 Å². The highest BCUT2D eigenvalue weighted by Gasteiger charge is 2.19. The zero-order valence-electron chi connectivity index (χ0n) is 11.7. The van der Waals surface area contributed by atoms with Gasteiger partial charge in [-0.2, -0.15) is 5.10 Å². The van der Waals surface area contributed by atoms with Gasteiger partial charge in [-0.15, -0.1) is 0 Å². The van der Waals surface area contributed by atoms with Gasteiger partial charge in [0.25, 0.3) is 5.91 Å². The molecular formula is C16H19N3O. The van der Waals surface area contributed by atoms with E-state index in [2.05, 4.69) is 22.5 Å². The lowest BCUT2D eigenvalue weighted by atomic mass is 9.80. The maximum absolute atomic E-state index is 12.1. The summed E-state index contributed by atoms with van der Waals surface area (Å²) in [5.74, 6) is 0.621. The van der Waals surface area contributed by atoms with E-state index in [0.29, 0.717) is 11.5 Å². The lowest BCUT2D eigenvalue weighted by Gasteiger charge is -2.25. The Bertz CT molecular complexity index is 596. The minimum atomic E-state index is -0.0826. The Hall–Kier alpha value is -2.10. The molecule has 1 aliphatic carbocycles. The minimum Gasteiger partial charge on any atom is -0.319 e. The molecule has 1 fully saturated rings. The first-order valence-corrected chi connectivity index (χ1v) is 7.20. The van der Waals surface area contributed by atoms with E-state index in [0.717, 1.165) is 12.2 Å². The predicted molar refractivity (Wildman–Crippen MR) is 78.9 cm³/mol. The lowest BCUT2D eigenvalue weighted by Crippen LogP contribution is -2.12. The first-order chi connectivity index (χ1) is 9.76. The highest BCUT2D eigenvalue weighted by molar-refractivity contribution is 6.04. The molecule has 1 aromatic heterocycles. The van der Waals surface area contributed by atoms with Crippen molar-refractivity contribution >= 4 is 11.6 Å². The largest absolute Gasteiger partial charge is 0.319 e. The normalized spacial score (nSPS) is 14.8. The van der Waals surface area contributed by atoms with Crippen molar-refractivity contribution in [1.29, 1.82) is 0 Å². The van der Waals surface area contributed by atoms with Gasteiger partial charge in [-0.05, 0) is 43.4 Å². The topological polar surface area (TPSA) is 46.9 Å². The molecule has 3 rings (SSSR count). The van der Waals surface area contributed by atoms with E-state index in [1.807, 2.05) is 25.3 Å². The van der Waals surface area contributed by atoms with Crippen molar-refractivity contribution in [3.05, 3.63) is 47.8 Å². The molecule has 1 aromatic carbocycles. The standard InChI is InChI=1S/C16H19N3O/c1-2-19-11-15(10-17-19)18-16(20)14-8-6-13(7-9-14)12-4-3-5-12/h6-12H,2-5H2,1H3,(H,18,20). The van der Waals surface area contributed by atoms with Gasteiger partial charge < -0.3 is 5.32 Å². The van der Waals surface area contributed by atoms with Crippen LogP contribution in [0.1, 0.15) is 48.0 Å². The molecule has 0 radical (unpaired) electrons. The molecule has 0 saturated heterocycles. The molecule has 1 N–H and O–H groups in total. The zero-order chi connectivity index (χ0) is 13.9. The van der Waals surface area contributed by atoms with Crippen molar-refractivity contribution in [3.8, 4) is 0 Å². The van der Waals surface area contributed by atoms with E-state index >= 15 is 0 Å². The molecule has 0 spiro atoms. The summed E-state index contributed by atoms with van der Waals surface area (Å²) in [6, 6.07) is 7.98. The minimum absolute atomic E-state index is 0.0826. The van der Waals surface area contributed by atoms with Crippen LogP contribution in [0.3, 0.4) is 0 Å². The van der Waals surface area contributed by atoms with Crippen molar-refractivity contribution in [3.63, 3.8) is 0 Å². The fourth-order valence-corrected chi connectivity index (χ4v) is 2.45. The number of nitrogens with zero attached hydrogens (tertiary/aromatic N) is 2. The maximum atomic E-state index is 12.1. The van der Waals surface area contributed by atoms with Gasteiger partial charge in [-0.25, -0.2) is 0 Å². The molecule has 0 atom stereocenters. The second-order valence-electron chi connectivity index (χ2n) is 5.29. The van der Waals surface area contributed by atoms with Crippen molar-refractivity contribution in [2.45, 2.75) is 38.6 Å². The third kappa shape index (κ3) is 2.59. The summed E-state index contributed by atoms with van der Waals surface area (Å²) >= 11 is 0. The summed E-state index contributed by atoms with van der Waals surface area (Å²) < 4.78 is 1.79. The van der Waals surface area contributed by atoms with Crippen LogP contribution >= 0.6 is 0 Å². The van der Waals surface area contributed by atoms with Crippen LogP contribution in [0, 0.1) is 0 Å². The number of amides is 1. The Morgan fingerprint density at radius 1 is 1.35 bits per heavy atom. The highest BCUT2D eigenvalue weighted by atomic mass is 16.1. The number of anilines is 1. The van der Waals surface area contributed by atoms with Crippen LogP contribution in [0.5, 0.6) is 0 Å². The average molecular weight is 269 g/mol. The van der Waals surface area contributed by atoms with Crippen LogP contribution in [-0.4, -0.2) is 15.7 Å². The Morgan fingerprint density at radius 3 is 2.65 bits per heavy atom. The highest BCUT2D eigenvalue weighted by Crippen LogP contribution is 2.36. The van der Waals surface area contributed by atoms with Gasteiger partial charge in [0.05, 0.1) is 11.9 Å². The fourth-order valence-electron chi connectivity index (χ4n) is 2.45. The van der Waals surface area contributed by atoms with Crippen LogP contribution in [0.2, 0.25) is 0 Å². The molecule has 4 heteroatoms. The SMILES string of the molecule is CCn1cc(NC(=O)c2ccc(C3CCC3)cc2)cn1. The number of carbonyl (C=O) groups excluding carboxylic acids is 1. The number of rotatable bonds is 4. The molecule has 1 heterocycles. The molecule has 20 heavy (non-hydrogen) atoms. The van der Waals surface area contributed by atoms with Crippen LogP contribution in [0.15, 0.2) is 36.7 Å². The summed E-state index contributed by atoms with van der Waals surface area (Å²) in [6.45, 7) is 2.81. The molecule has 1 saturated carbocycles. The lowest BCUT2D eigenvalue weighted by molar-refractivity contribution is 0.102. The third-order valence-corrected chi connectivity index (χ3v) is 3.96. The average Bonchev–Trinajstić information content (AvgIpc) is 2.85. The molecule has 1 amide bonds. The van der Waals surface area contributed by atoms with E-state index in [1.54, 1.807) is 10.9 Å². The van der Waals surface area contributed by atoms with Gasteiger partial charge in [-0.1, -0.05) is 18.6 Å². The first kappa shape index (κ1) is 12.9. The predicted octanol–water partition coefficient (Wildman–Crippen LogP) is 3.42. The fraction of sp³-hybridized carbons (Fsp3) is 0.375. The smallest absolute Gasteiger partial charge is 0.255 e. The molecule has 0 unspecified atom stereocenters. The Balaban J connectivity index is 1.67. The third-order valence-electron chi connectivity index (χ3n) is 3.96. The zero-order valence-corrected chi connectivity index (χ0v) is 11.7. The second-order valence-corrected chi connectivity index (χ2v) is 5.29. The number of nitrogens with one attached hydrogen (secondary N) is 1. The molecule has 0 bridgehead atoms. The Labute approximate surface area is 118 Å². The van der Waals surface area contributed by atoms with Crippen LogP contribution in [0.4, 0.5) is 5.69 Å². The summed E-state index contributed by atoms with van der Waals surface area (Å²) in [5, 5.41) is 7.01. The van der Waals surface area contributed by atoms with E-state index < -0.39 is 0 Å². The van der Waals surface area contributed by atoms with Crippen molar-refractivity contribution < 1.29 is 4.79 Å². The van der Waals surface area contributed by atoms with E-state index in [9.17, 15) is 4.79 Å². The van der Waals surface area contributed by atoms with Crippen LogP contribution in [0.25, 0.3) is 0 Å². The maximum Gasteiger partial charge on any atom is 0.255 e. The van der Waals surface area contributed by atoms with E-state index in [4.69, 9.17) is 0 Å². The van der Waals surface area contributed by atoms with Crippen LogP contribution < -0.4 is 5.32 Å². The van der Waals surface area contributed by atoms with Gasteiger partial charge in [0.1, 0.15) is 0 Å². The van der Waals surface area contributed by atoms with Gasteiger partial charge in [-0.3, -0.25) is 9.48 Å². The van der Waals surface area contributed by atoms with E-state index in [1.165, 1.54) is 24.8 Å². The van der Waals surface area contributed by atoms with E-state index in [-0.39, 0.29) is 5.91 Å².